The van der Waals surface area contributed by atoms with E-state index in [0.717, 1.165) is 31.9 Å². The van der Waals surface area contributed by atoms with Crippen LogP contribution in [0.25, 0.3) is 0 Å². The van der Waals surface area contributed by atoms with Gasteiger partial charge in [-0.05, 0) is 30.2 Å². The number of hydrogen-bond donors (Lipinski definition) is 1. The first-order valence-corrected chi connectivity index (χ1v) is 4.82. The number of hydrogen-bond acceptors (Lipinski definition) is 5. The van der Waals surface area contributed by atoms with Crippen LogP contribution in [0.3, 0.4) is 0 Å². The standard InChI is InChI=1S/C8H15N5O/c1-8(2-4-14-5-3-8)13-7(6-9)10-11-12-13/h2-6,9H2,1H3. The zero-order valence-electron chi connectivity index (χ0n) is 8.31. The summed E-state index contributed by atoms with van der Waals surface area (Å²) in [4.78, 5) is 0. The minimum Gasteiger partial charge on any atom is -0.381 e. The van der Waals surface area contributed by atoms with Crippen molar-refractivity contribution in [1.82, 2.24) is 20.2 Å². The molecule has 2 N–H and O–H groups in total. The molecule has 2 rings (SSSR count). The zero-order chi connectivity index (χ0) is 10.0. The van der Waals surface area contributed by atoms with Crippen molar-refractivity contribution in [3.8, 4) is 0 Å². The summed E-state index contributed by atoms with van der Waals surface area (Å²) in [5, 5.41) is 11.5. The van der Waals surface area contributed by atoms with E-state index in [9.17, 15) is 0 Å². The normalized spacial score (nSPS) is 21.0. The molecule has 78 valence electrons. The van der Waals surface area contributed by atoms with Crippen LogP contribution in [0.2, 0.25) is 0 Å². The lowest BCUT2D eigenvalue weighted by Gasteiger charge is -2.33. The maximum absolute atomic E-state index is 5.57. The predicted octanol–water partition coefficient (Wildman–Crippen LogP) is -0.343. The molecular formula is C8H15N5O. The first-order chi connectivity index (χ1) is 6.76. The molecule has 6 heteroatoms. The maximum Gasteiger partial charge on any atom is 0.165 e. The minimum atomic E-state index is -0.0313. The molecule has 14 heavy (non-hydrogen) atoms. The Morgan fingerprint density at radius 1 is 1.50 bits per heavy atom. The molecule has 0 bridgehead atoms. The van der Waals surface area contributed by atoms with Gasteiger partial charge in [-0.1, -0.05) is 0 Å². The Morgan fingerprint density at radius 3 is 2.86 bits per heavy atom. The first-order valence-electron chi connectivity index (χ1n) is 4.82. The molecule has 1 aromatic heterocycles. The fourth-order valence-electron chi connectivity index (χ4n) is 1.78. The van der Waals surface area contributed by atoms with Gasteiger partial charge in [0.25, 0.3) is 0 Å². The van der Waals surface area contributed by atoms with Gasteiger partial charge in [0.05, 0.1) is 12.1 Å². The van der Waals surface area contributed by atoms with E-state index in [4.69, 9.17) is 10.5 Å². The maximum atomic E-state index is 5.57. The van der Waals surface area contributed by atoms with E-state index in [1.807, 2.05) is 4.68 Å². The average molecular weight is 197 g/mol. The van der Waals surface area contributed by atoms with E-state index in [2.05, 4.69) is 22.4 Å². The summed E-state index contributed by atoms with van der Waals surface area (Å²) >= 11 is 0. The van der Waals surface area contributed by atoms with Crippen molar-refractivity contribution in [1.29, 1.82) is 0 Å². The number of ether oxygens (including phenoxy) is 1. The SMILES string of the molecule is CC1(n2nnnc2CN)CCOCC1. The van der Waals surface area contributed by atoms with Crippen molar-refractivity contribution in [3.05, 3.63) is 5.82 Å². The highest BCUT2D eigenvalue weighted by Gasteiger charge is 2.32. The molecule has 0 atom stereocenters. The smallest absolute Gasteiger partial charge is 0.165 e. The second kappa shape index (κ2) is 3.62. The summed E-state index contributed by atoms with van der Waals surface area (Å²) in [6.45, 7) is 4.05. The second-order valence-electron chi connectivity index (χ2n) is 3.82. The molecule has 2 heterocycles. The number of tetrazole rings is 1. The molecule has 1 aromatic rings. The molecule has 1 aliphatic rings. The monoisotopic (exact) mass is 197 g/mol. The molecule has 1 fully saturated rings. The van der Waals surface area contributed by atoms with Crippen LogP contribution >= 0.6 is 0 Å². The largest absolute Gasteiger partial charge is 0.381 e. The highest BCUT2D eigenvalue weighted by Crippen LogP contribution is 2.27. The number of rotatable bonds is 2. The minimum absolute atomic E-state index is 0.0313. The van der Waals surface area contributed by atoms with Crippen LogP contribution in [0, 0.1) is 0 Å². The van der Waals surface area contributed by atoms with Gasteiger partial charge in [-0.15, -0.1) is 5.10 Å². The van der Waals surface area contributed by atoms with Crippen molar-refractivity contribution in [2.45, 2.75) is 31.8 Å². The van der Waals surface area contributed by atoms with E-state index in [0.29, 0.717) is 6.54 Å². The van der Waals surface area contributed by atoms with Gasteiger partial charge in [0.15, 0.2) is 5.82 Å². The van der Waals surface area contributed by atoms with Crippen molar-refractivity contribution in [3.63, 3.8) is 0 Å². The molecule has 0 spiro atoms. The van der Waals surface area contributed by atoms with Crippen molar-refractivity contribution < 1.29 is 4.74 Å². The van der Waals surface area contributed by atoms with Crippen LogP contribution in [-0.2, 0) is 16.8 Å². The molecule has 6 nitrogen and oxygen atoms in total. The summed E-state index contributed by atoms with van der Waals surface area (Å²) in [5.41, 5.74) is 5.53. The number of nitrogens with zero attached hydrogens (tertiary/aromatic N) is 4. The molecule has 0 saturated carbocycles. The third-order valence-corrected chi connectivity index (χ3v) is 2.80. The Kier molecular flexibility index (Phi) is 2.47. The first kappa shape index (κ1) is 9.54. The van der Waals surface area contributed by atoms with Gasteiger partial charge in [-0.3, -0.25) is 0 Å². The summed E-state index contributed by atoms with van der Waals surface area (Å²) in [6, 6.07) is 0. The Balaban J connectivity index is 2.27. The number of aromatic nitrogens is 4. The third kappa shape index (κ3) is 1.51. The fraction of sp³-hybridized carbons (Fsp3) is 0.875. The topological polar surface area (TPSA) is 78.9 Å². The lowest BCUT2D eigenvalue weighted by Crippen LogP contribution is -2.39. The van der Waals surface area contributed by atoms with Crippen molar-refractivity contribution >= 4 is 0 Å². The summed E-state index contributed by atoms with van der Waals surface area (Å²) in [7, 11) is 0. The van der Waals surface area contributed by atoms with Crippen LogP contribution in [0.5, 0.6) is 0 Å². The lowest BCUT2D eigenvalue weighted by atomic mass is 9.92. The van der Waals surface area contributed by atoms with Gasteiger partial charge < -0.3 is 10.5 Å². The molecule has 1 aliphatic heterocycles. The number of nitrogens with two attached hydrogens (primary N) is 1. The average Bonchev–Trinajstić information content (AvgIpc) is 2.67. The summed E-state index contributed by atoms with van der Waals surface area (Å²) in [5.74, 6) is 0.745. The highest BCUT2D eigenvalue weighted by atomic mass is 16.5. The Morgan fingerprint density at radius 2 is 2.21 bits per heavy atom. The van der Waals surface area contributed by atoms with E-state index in [1.54, 1.807) is 0 Å². The van der Waals surface area contributed by atoms with E-state index >= 15 is 0 Å². The summed E-state index contributed by atoms with van der Waals surface area (Å²) < 4.78 is 7.17. The van der Waals surface area contributed by atoms with Crippen LogP contribution in [-0.4, -0.2) is 33.4 Å². The summed E-state index contributed by atoms with van der Waals surface area (Å²) in [6.07, 6.45) is 1.87. The Bertz CT molecular complexity index is 304. The highest BCUT2D eigenvalue weighted by molar-refractivity contribution is 4.91. The van der Waals surface area contributed by atoms with E-state index in [1.165, 1.54) is 0 Å². The van der Waals surface area contributed by atoms with Gasteiger partial charge in [0, 0.05) is 13.2 Å². The van der Waals surface area contributed by atoms with Crippen LogP contribution in [0.1, 0.15) is 25.6 Å². The van der Waals surface area contributed by atoms with Crippen LogP contribution in [0.4, 0.5) is 0 Å². The molecule has 0 radical (unpaired) electrons. The van der Waals surface area contributed by atoms with E-state index in [-0.39, 0.29) is 5.54 Å². The van der Waals surface area contributed by atoms with Crippen molar-refractivity contribution in [2.75, 3.05) is 13.2 Å². The Labute approximate surface area is 82.4 Å². The molecule has 0 unspecified atom stereocenters. The third-order valence-electron chi connectivity index (χ3n) is 2.80. The predicted molar refractivity (Wildman–Crippen MR) is 49.4 cm³/mol. The van der Waals surface area contributed by atoms with Gasteiger partial charge in [-0.25, -0.2) is 4.68 Å². The van der Waals surface area contributed by atoms with Gasteiger partial charge in [-0.2, -0.15) is 0 Å². The quantitative estimate of drug-likeness (QED) is 0.701. The van der Waals surface area contributed by atoms with E-state index < -0.39 is 0 Å². The Hall–Kier alpha value is -1.01. The molecule has 1 saturated heterocycles. The van der Waals surface area contributed by atoms with Gasteiger partial charge >= 0.3 is 0 Å². The molecule has 0 amide bonds. The zero-order valence-corrected chi connectivity index (χ0v) is 8.31. The van der Waals surface area contributed by atoms with Crippen molar-refractivity contribution in [2.24, 2.45) is 5.73 Å². The van der Waals surface area contributed by atoms with Crippen LogP contribution in [0.15, 0.2) is 0 Å². The lowest BCUT2D eigenvalue weighted by molar-refractivity contribution is 0.0219. The van der Waals surface area contributed by atoms with Crippen LogP contribution < -0.4 is 5.73 Å². The molecular weight excluding hydrogens is 182 g/mol. The van der Waals surface area contributed by atoms with Gasteiger partial charge in [0.2, 0.25) is 0 Å². The van der Waals surface area contributed by atoms with Gasteiger partial charge in [0.1, 0.15) is 0 Å². The second-order valence-corrected chi connectivity index (χ2v) is 3.82. The fourth-order valence-corrected chi connectivity index (χ4v) is 1.78. The molecule has 0 aromatic carbocycles. The molecule has 0 aliphatic carbocycles.